The molecule has 1 heterocycles. The van der Waals surface area contributed by atoms with Crippen LogP contribution in [0.3, 0.4) is 0 Å². The summed E-state index contributed by atoms with van der Waals surface area (Å²) in [4.78, 5) is 44.3. The third-order valence-corrected chi connectivity index (χ3v) is 3.90. The molecule has 0 aromatic heterocycles. The fraction of sp³-hybridized carbons (Fsp3) is 0.167. The number of rotatable bonds is 4. The highest BCUT2D eigenvalue weighted by molar-refractivity contribution is 8.18. The molecule has 0 aliphatic carbocycles. The summed E-state index contributed by atoms with van der Waals surface area (Å²) in [6, 6.07) is 1.51. The first kappa shape index (κ1) is 16.4. The lowest BCUT2D eigenvalue weighted by molar-refractivity contribution is -0.394. The number of non-ortho nitro benzene ring substituents is 1. The van der Waals surface area contributed by atoms with Crippen molar-refractivity contribution in [1.29, 1.82) is 0 Å². The van der Waals surface area contributed by atoms with Crippen molar-refractivity contribution in [3.05, 3.63) is 42.8 Å². The minimum absolute atomic E-state index is 0.0815. The van der Waals surface area contributed by atoms with E-state index < -0.39 is 38.1 Å². The molecule has 1 fully saturated rings. The van der Waals surface area contributed by atoms with Crippen LogP contribution in [0.4, 0.5) is 16.2 Å². The third-order valence-electron chi connectivity index (χ3n) is 2.99. The fourth-order valence-electron chi connectivity index (χ4n) is 1.89. The number of phenols is 1. The number of amides is 2. The standard InChI is InChI=1S/C12H9N3O7S/c1-2-13-11(17)9(23-12(13)18)4-6-3-7(14(19)20)5-8(10(6)16)15(21)22/h3-5,16H,2H2,1H3/b9-4+. The minimum Gasteiger partial charge on any atom is -0.502 e. The second-order valence-corrected chi connectivity index (χ2v) is 5.34. The van der Waals surface area contributed by atoms with Crippen LogP contribution < -0.4 is 0 Å². The molecule has 1 aliphatic rings. The maximum absolute atomic E-state index is 12.0. The second kappa shape index (κ2) is 6.04. The average Bonchev–Trinajstić information content (AvgIpc) is 2.74. The van der Waals surface area contributed by atoms with Gasteiger partial charge in [-0.1, -0.05) is 0 Å². The van der Waals surface area contributed by atoms with Gasteiger partial charge in [-0.05, 0) is 24.8 Å². The smallest absolute Gasteiger partial charge is 0.318 e. The van der Waals surface area contributed by atoms with Crippen molar-refractivity contribution in [2.75, 3.05) is 6.54 Å². The SMILES string of the molecule is CCN1C(=O)S/C(=C/c2cc([N+](=O)[O-])cc([N+](=O)[O-])c2O)C1=O. The zero-order valence-corrected chi connectivity index (χ0v) is 12.4. The van der Waals surface area contributed by atoms with E-state index in [4.69, 9.17) is 0 Å². The first-order chi connectivity index (χ1) is 10.8. The summed E-state index contributed by atoms with van der Waals surface area (Å²) >= 11 is 0.586. The van der Waals surface area contributed by atoms with E-state index in [1.165, 1.54) is 0 Å². The predicted octanol–water partition coefficient (Wildman–Crippen LogP) is 2.26. The van der Waals surface area contributed by atoms with E-state index in [1.54, 1.807) is 6.92 Å². The van der Waals surface area contributed by atoms with Crippen molar-refractivity contribution in [3.63, 3.8) is 0 Å². The molecule has 0 unspecified atom stereocenters. The minimum atomic E-state index is -0.975. The van der Waals surface area contributed by atoms with Gasteiger partial charge in [-0.3, -0.25) is 34.7 Å². The summed E-state index contributed by atoms with van der Waals surface area (Å²) < 4.78 is 0. The van der Waals surface area contributed by atoms with Crippen LogP contribution in [0, 0.1) is 20.2 Å². The van der Waals surface area contributed by atoms with Gasteiger partial charge in [-0.15, -0.1) is 0 Å². The van der Waals surface area contributed by atoms with E-state index in [0.717, 1.165) is 17.0 Å². The van der Waals surface area contributed by atoms with Gasteiger partial charge in [-0.2, -0.15) is 0 Å². The summed E-state index contributed by atoms with van der Waals surface area (Å²) in [5, 5.41) is 31.1. The Hall–Kier alpha value is -2.95. The average molecular weight is 339 g/mol. The number of likely N-dealkylation sites (N-methyl/N-ethyl adjacent to an activating group) is 1. The van der Waals surface area contributed by atoms with Crippen molar-refractivity contribution in [2.45, 2.75) is 6.92 Å². The van der Waals surface area contributed by atoms with Gasteiger partial charge in [0.15, 0.2) is 0 Å². The number of nitrogens with zero attached hydrogens (tertiary/aromatic N) is 3. The monoisotopic (exact) mass is 339 g/mol. The number of benzene rings is 1. The molecule has 2 amide bonds. The van der Waals surface area contributed by atoms with Crippen LogP contribution in [-0.4, -0.2) is 37.5 Å². The largest absolute Gasteiger partial charge is 0.502 e. The zero-order valence-electron chi connectivity index (χ0n) is 11.6. The first-order valence-electron chi connectivity index (χ1n) is 6.17. The molecular weight excluding hydrogens is 330 g/mol. The molecule has 0 spiro atoms. The molecule has 1 aromatic carbocycles. The molecule has 1 aliphatic heterocycles. The summed E-state index contributed by atoms with van der Waals surface area (Å²) in [7, 11) is 0. The lowest BCUT2D eigenvalue weighted by atomic mass is 10.1. The number of hydrogen-bond acceptors (Lipinski definition) is 8. The number of phenolic OH excluding ortho intramolecular Hbond substituents is 1. The lowest BCUT2D eigenvalue weighted by Gasteiger charge is -2.07. The van der Waals surface area contributed by atoms with Crippen LogP contribution in [0.25, 0.3) is 6.08 Å². The molecule has 120 valence electrons. The zero-order chi connectivity index (χ0) is 17.3. The summed E-state index contributed by atoms with van der Waals surface area (Å²) in [5.74, 6) is -1.44. The highest BCUT2D eigenvalue weighted by Crippen LogP contribution is 2.38. The summed E-state index contributed by atoms with van der Waals surface area (Å²) in [5.41, 5.74) is -1.76. The molecule has 0 atom stereocenters. The number of carbonyl (C=O) groups is 2. The molecule has 0 bridgehead atoms. The summed E-state index contributed by atoms with van der Waals surface area (Å²) in [6.45, 7) is 1.73. The van der Waals surface area contributed by atoms with Crippen LogP contribution in [0.5, 0.6) is 5.75 Å². The Balaban J connectivity index is 2.58. The first-order valence-corrected chi connectivity index (χ1v) is 6.99. The van der Waals surface area contributed by atoms with Gasteiger partial charge in [-0.25, -0.2) is 0 Å². The summed E-state index contributed by atoms with van der Waals surface area (Å²) in [6.07, 6.45) is 1.02. The van der Waals surface area contributed by atoms with Crippen molar-refractivity contribution in [3.8, 4) is 5.75 Å². The van der Waals surface area contributed by atoms with Gasteiger partial charge in [0.2, 0.25) is 5.75 Å². The molecule has 2 rings (SSSR count). The molecule has 0 saturated carbocycles. The van der Waals surface area contributed by atoms with Crippen LogP contribution >= 0.6 is 11.8 Å². The number of aromatic hydroxyl groups is 1. The van der Waals surface area contributed by atoms with E-state index in [2.05, 4.69) is 0 Å². The number of hydrogen-bond donors (Lipinski definition) is 1. The molecular formula is C12H9N3O7S. The van der Waals surface area contributed by atoms with Crippen molar-refractivity contribution < 1.29 is 24.5 Å². The predicted molar refractivity (Wildman–Crippen MR) is 79.8 cm³/mol. The van der Waals surface area contributed by atoms with E-state index in [1.807, 2.05) is 0 Å². The van der Waals surface area contributed by atoms with Gasteiger partial charge in [0.1, 0.15) is 0 Å². The maximum Gasteiger partial charge on any atom is 0.318 e. The molecule has 1 aromatic rings. The number of carbonyl (C=O) groups excluding carboxylic acids is 2. The normalized spacial score (nSPS) is 16.2. The van der Waals surface area contributed by atoms with Crippen LogP contribution in [0.2, 0.25) is 0 Å². The molecule has 0 radical (unpaired) electrons. The fourth-order valence-corrected chi connectivity index (χ4v) is 2.79. The van der Waals surface area contributed by atoms with Gasteiger partial charge in [0.05, 0.1) is 20.8 Å². The van der Waals surface area contributed by atoms with Gasteiger partial charge in [0, 0.05) is 18.2 Å². The van der Waals surface area contributed by atoms with Crippen LogP contribution in [0.1, 0.15) is 12.5 Å². The van der Waals surface area contributed by atoms with E-state index in [-0.39, 0.29) is 17.0 Å². The van der Waals surface area contributed by atoms with Gasteiger partial charge >= 0.3 is 5.69 Å². The molecule has 23 heavy (non-hydrogen) atoms. The van der Waals surface area contributed by atoms with E-state index >= 15 is 0 Å². The Morgan fingerprint density at radius 1 is 1.26 bits per heavy atom. The second-order valence-electron chi connectivity index (χ2n) is 4.34. The molecule has 1 saturated heterocycles. The lowest BCUT2D eigenvalue weighted by Crippen LogP contribution is -2.27. The third kappa shape index (κ3) is 2.99. The number of thioether (sulfide) groups is 1. The molecule has 10 nitrogen and oxygen atoms in total. The number of imide groups is 1. The Kier molecular flexibility index (Phi) is 4.31. The maximum atomic E-state index is 12.0. The number of nitro groups is 2. The molecule has 1 N–H and O–H groups in total. The highest BCUT2D eigenvalue weighted by atomic mass is 32.2. The van der Waals surface area contributed by atoms with Crippen molar-refractivity contribution in [1.82, 2.24) is 4.90 Å². The van der Waals surface area contributed by atoms with Crippen LogP contribution in [-0.2, 0) is 4.79 Å². The molecule has 11 heteroatoms. The Labute approximate surface area is 132 Å². The quantitative estimate of drug-likeness (QED) is 0.499. The van der Waals surface area contributed by atoms with Crippen molar-refractivity contribution in [2.24, 2.45) is 0 Å². The van der Waals surface area contributed by atoms with Crippen LogP contribution in [0.15, 0.2) is 17.0 Å². The van der Waals surface area contributed by atoms with E-state index in [0.29, 0.717) is 17.8 Å². The van der Waals surface area contributed by atoms with Crippen molar-refractivity contribution >= 4 is 40.4 Å². The topological polar surface area (TPSA) is 144 Å². The van der Waals surface area contributed by atoms with Gasteiger partial charge < -0.3 is 5.11 Å². The Morgan fingerprint density at radius 3 is 2.39 bits per heavy atom. The van der Waals surface area contributed by atoms with Gasteiger partial charge in [0.25, 0.3) is 16.8 Å². The Bertz CT molecular complexity index is 774. The van der Waals surface area contributed by atoms with E-state index in [9.17, 15) is 34.9 Å². The Morgan fingerprint density at radius 2 is 1.91 bits per heavy atom. The number of nitro benzene ring substituents is 2. The highest BCUT2D eigenvalue weighted by Gasteiger charge is 2.34.